The predicted octanol–water partition coefficient (Wildman–Crippen LogP) is 1.69. The second-order valence-electron chi connectivity index (χ2n) is 6.61. The van der Waals surface area contributed by atoms with Crippen LogP contribution in [0.4, 0.5) is 11.4 Å². The topological polar surface area (TPSA) is 125 Å². The Morgan fingerprint density at radius 1 is 1.00 bits per heavy atom. The molecule has 9 heteroatoms. The number of nitrogens with one attached hydrogen (secondary N) is 4. The Hall–Kier alpha value is -4.14. The number of para-hydroxylation sites is 2. The van der Waals surface area contributed by atoms with E-state index in [0.29, 0.717) is 22.8 Å². The van der Waals surface area contributed by atoms with E-state index in [4.69, 9.17) is 0 Å². The predicted molar refractivity (Wildman–Crippen MR) is 112 cm³/mol. The normalized spacial score (nSPS) is 10.3. The summed E-state index contributed by atoms with van der Waals surface area (Å²) < 4.78 is 1.40. The van der Waals surface area contributed by atoms with Gasteiger partial charge in [0.1, 0.15) is 0 Å². The van der Waals surface area contributed by atoms with Gasteiger partial charge in [0.15, 0.2) is 0 Å². The third-order valence-electron chi connectivity index (χ3n) is 4.26. The summed E-state index contributed by atoms with van der Waals surface area (Å²) in [6, 6.07) is 13.6. The summed E-state index contributed by atoms with van der Waals surface area (Å²) in [4.78, 5) is 50.4. The molecule has 0 saturated carbocycles. The number of anilines is 2. The van der Waals surface area contributed by atoms with Crippen LogP contribution in [0.2, 0.25) is 0 Å². The number of carbonyl (C=O) groups is 3. The van der Waals surface area contributed by atoms with E-state index in [1.807, 2.05) is 0 Å². The third-order valence-corrected chi connectivity index (χ3v) is 4.26. The number of amides is 3. The third kappa shape index (κ3) is 4.82. The van der Waals surface area contributed by atoms with E-state index in [1.54, 1.807) is 61.7 Å². The lowest BCUT2D eigenvalue weighted by molar-refractivity contribution is -0.136. The van der Waals surface area contributed by atoms with Gasteiger partial charge in [-0.2, -0.15) is 0 Å². The molecule has 0 aliphatic heterocycles. The minimum absolute atomic E-state index is 0.109. The van der Waals surface area contributed by atoms with Crippen LogP contribution in [-0.4, -0.2) is 27.3 Å². The van der Waals surface area contributed by atoms with Gasteiger partial charge in [-0.1, -0.05) is 24.3 Å². The zero-order valence-corrected chi connectivity index (χ0v) is 16.5. The van der Waals surface area contributed by atoms with E-state index in [9.17, 15) is 19.2 Å². The van der Waals surface area contributed by atoms with Crippen molar-refractivity contribution >= 4 is 29.1 Å². The fraction of sp³-hybridized carbons (Fsp3) is 0.143. The summed E-state index contributed by atoms with van der Waals surface area (Å²) in [6.45, 7) is 3.26. The lowest BCUT2D eigenvalue weighted by Crippen LogP contribution is -2.35. The highest BCUT2D eigenvalue weighted by Crippen LogP contribution is 2.19. The van der Waals surface area contributed by atoms with Gasteiger partial charge in [0.05, 0.1) is 11.4 Å². The Morgan fingerprint density at radius 3 is 2.47 bits per heavy atom. The summed E-state index contributed by atoms with van der Waals surface area (Å²) in [6.07, 6.45) is 1.56. The molecular weight excluding hydrogens is 386 g/mol. The number of carbonyl (C=O) groups excluding carboxylic acids is 3. The van der Waals surface area contributed by atoms with Crippen LogP contribution in [-0.2, 0) is 20.9 Å². The van der Waals surface area contributed by atoms with Gasteiger partial charge in [-0.05, 0) is 36.8 Å². The van der Waals surface area contributed by atoms with Crippen LogP contribution in [0.15, 0.2) is 59.5 Å². The average molecular weight is 407 g/mol. The molecule has 3 rings (SSSR count). The smallest absolute Gasteiger partial charge is 0.330 e. The second-order valence-corrected chi connectivity index (χ2v) is 6.61. The first kappa shape index (κ1) is 20.6. The number of aromatic nitrogens is 2. The van der Waals surface area contributed by atoms with Gasteiger partial charge in [-0.3, -0.25) is 19.0 Å². The molecule has 3 amide bonds. The van der Waals surface area contributed by atoms with Crippen LogP contribution in [0.1, 0.15) is 18.2 Å². The average Bonchev–Trinajstić information content (AvgIpc) is 3.04. The van der Waals surface area contributed by atoms with Crippen LogP contribution in [0.3, 0.4) is 0 Å². The number of H-pyrrole nitrogens is 1. The number of hydrogen-bond acceptors (Lipinski definition) is 4. The molecule has 1 aromatic heterocycles. The molecule has 0 fully saturated rings. The zero-order valence-electron chi connectivity index (χ0n) is 16.5. The highest BCUT2D eigenvalue weighted by Gasteiger charge is 2.17. The maximum absolute atomic E-state index is 12.4. The molecule has 0 saturated heterocycles. The fourth-order valence-corrected chi connectivity index (χ4v) is 2.93. The first-order chi connectivity index (χ1) is 14.3. The standard InChI is InChI=1S/C21H21N5O4/c1-13-11-23-21(30)26(13)18-9-4-3-8-17(18)25-20(29)19(28)22-12-15-6-5-7-16(10-15)24-14(2)27/h3-11H,12H2,1-2H3,(H,22,28)(H,23,30)(H,24,27)(H,25,29). The van der Waals surface area contributed by atoms with Crippen molar-refractivity contribution in [1.29, 1.82) is 0 Å². The molecule has 154 valence electrons. The van der Waals surface area contributed by atoms with E-state index in [0.717, 1.165) is 5.56 Å². The summed E-state index contributed by atoms with van der Waals surface area (Å²) in [5, 5.41) is 7.74. The molecule has 0 bridgehead atoms. The zero-order chi connectivity index (χ0) is 21.7. The lowest BCUT2D eigenvalue weighted by Gasteiger charge is -2.12. The molecule has 0 radical (unpaired) electrons. The Balaban J connectivity index is 1.68. The monoisotopic (exact) mass is 407 g/mol. The van der Waals surface area contributed by atoms with Gasteiger partial charge in [0.2, 0.25) is 5.91 Å². The maximum Gasteiger partial charge on any atom is 0.330 e. The Labute approximate surface area is 172 Å². The summed E-state index contributed by atoms with van der Waals surface area (Å²) in [5.41, 5.74) is 2.40. The van der Waals surface area contributed by atoms with E-state index >= 15 is 0 Å². The van der Waals surface area contributed by atoms with Gasteiger partial charge in [0, 0.05) is 31.0 Å². The Morgan fingerprint density at radius 2 is 1.77 bits per heavy atom. The van der Waals surface area contributed by atoms with Crippen LogP contribution < -0.4 is 21.6 Å². The molecule has 1 heterocycles. The first-order valence-electron chi connectivity index (χ1n) is 9.17. The van der Waals surface area contributed by atoms with Crippen molar-refractivity contribution in [2.75, 3.05) is 10.6 Å². The van der Waals surface area contributed by atoms with Crippen molar-refractivity contribution in [3.63, 3.8) is 0 Å². The Kier molecular flexibility index (Phi) is 6.11. The number of aromatic amines is 1. The first-order valence-corrected chi connectivity index (χ1v) is 9.17. The fourth-order valence-electron chi connectivity index (χ4n) is 2.93. The van der Waals surface area contributed by atoms with Crippen molar-refractivity contribution in [3.8, 4) is 5.69 Å². The second kappa shape index (κ2) is 8.91. The lowest BCUT2D eigenvalue weighted by atomic mass is 10.2. The number of benzene rings is 2. The van der Waals surface area contributed by atoms with Crippen LogP contribution in [0.5, 0.6) is 0 Å². The molecule has 9 nitrogen and oxygen atoms in total. The quantitative estimate of drug-likeness (QED) is 0.480. The molecule has 0 aliphatic rings. The van der Waals surface area contributed by atoms with Crippen molar-refractivity contribution in [2.24, 2.45) is 0 Å². The van der Waals surface area contributed by atoms with Crippen LogP contribution >= 0.6 is 0 Å². The number of aryl methyl sites for hydroxylation is 1. The number of imidazole rings is 1. The summed E-state index contributed by atoms with van der Waals surface area (Å²) in [5.74, 6) is -1.89. The van der Waals surface area contributed by atoms with E-state index in [1.165, 1.54) is 11.5 Å². The molecule has 0 unspecified atom stereocenters. The van der Waals surface area contributed by atoms with E-state index in [2.05, 4.69) is 20.9 Å². The summed E-state index contributed by atoms with van der Waals surface area (Å²) >= 11 is 0. The van der Waals surface area contributed by atoms with Gasteiger partial charge < -0.3 is 20.9 Å². The molecule has 4 N–H and O–H groups in total. The van der Waals surface area contributed by atoms with Crippen molar-refractivity contribution in [1.82, 2.24) is 14.9 Å². The van der Waals surface area contributed by atoms with Crippen molar-refractivity contribution < 1.29 is 14.4 Å². The maximum atomic E-state index is 12.4. The minimum atomic E-state index is -0.860. The highest BCUT2D eigenvalue weighted by molar-refractivity contribution is 6.39. The van der Waals surface area contributed by atoms with Crippen LogP contribution in [0, 0.1) is 6.92 Å². The number of nitrogens with zero attached hydrogens (tertiary/aromatic N) is 1. The van der Waals surface area contributed by atoms with Gasteiger partial charge in [0.25, 0.3) is 0 Å². The summed E-state index contributed by atoms with van der Waals surface area (Å²) in [7, 11) is 0. The molecule has 0 atom stereocenters. The van der Waals surface area contributed by atoms with Gasteiger partial charge >= 0.3 is 17.5 Å². The number of rotatable bonds is 5. The van der Waals surface area contributed by atoms with E-state index < -0.39 is 11.8 Å². The van der Waals surface area contributed by atoms with Gasteiger partial charge in [-0.15, -0.1) is 0 Å². The number of hydrogen-bond donors (Lipinski definition) is 4. The minimum Gasteiger partial charge on any atom is -0.344 e. The molecular formula is C21H21N5O4. The molecule has 30 heavy (non-hydrogen) atoms. The molecule has 0 aliphatic carbocycles. The van der Waals surface area contributed by atoms with Crippen LogP contribution in [0.25, 0.3) is 5.69 Å². The molecule has 2 aromatic carbocycles. The van der Waals surface area contributed by atoms with Gasteiger partial charge in [-0.25, -0.2) is 4.79 Å². The van der Waals surface area contributed by atoms with E-state index in [-0.39, 0.29) is 18.1 Å². The highest BCUT2D eigenvalue weighted by atomic mass is 16.2. The van der Waals surface area contributed by atoms with Crippen molar-refractivity contribution in [3.05, 3.63) is 76.5 Å². The molecule has 0 spiro atoms. The molecule has 3 aromatic rings. The SMILES string of the molecule is CC(=O)Nc1cccc(CNC(=O)C(=O)Nc2ccccc2-n2c(C)c[nH]c2=O)c1. The largest absolute Gasteiger partial charge is 0.344 e. The Bertz CT molecular complexity index is 1160. The van der Waals surface area contributed by atoms with Crippen molar-refractivity contribution in [2.45, 2.75) is 20.4 Å².